The molecule has 0 radical (unpaired) electrons. The van der Waals surface area contributed by atoms with Crippen LogP contribution in [-0.4, -0.2) is 72.5 Å². The van der Waals surface area contributed by atoms with Crippen LogP contribution in [0.4, 0.5) is 10.6 Å². The van der Waals surface area contributed by atoms with Gasteiger partial charge in [0, 0.05) is 25.1 Å². The van der Waals surface area contributed by atoms with Crippen molar-refractivity contribution in [3.05, 3.63) is 41.6 Å². The van der Waals surface area contributed by atoms with Crippen molar-refractivity contribution in [3.8, 4) is 5.69 Å². The minimum atomic E-state index is -0.567. The Balaban J connectivity index is 2.19. The molecule has 0 aliphatic rings. The quantitative estimate of drug-likeness (QED) is 0.513. The normalized spacial score (nSPS) is 11.1. The monoisotopic (exact) mass is 473 g/mol. The molecule has 186 valence electrons. The van der Waals surface area contributed by atoms with E-state index in [4.69, 9.17) is 14.6 Å². The molecule has 2 aromatic rings. The van der Waals surface area contributed by atoms with Crippen LogP contribution >= 0.6 is 0 Å². The summed E-state index contributed by atoms with van der Waals surface area (Å²) in [5.41, 5.74) is 2.50. The number of nitrogens with one attached hydrogen (secondary N) is 2. The Morgan fingerprint density at radius 3 is 2.41 bits per heavy atom. The number of carbonyl (C=O) groups is 3. The number of hydrogen-bond donors (Lipinski definition) is 2. The highest BCUT2D eigenvalue weighted by Crippen LogP contribution is 2.26. The van der Waals surface area contributed by atoms with Crippen molar-refractivity contribution < 1.29 is 23.9 Å². The first-order chi connectivity index (χ1) is 16.0. The summed E-state index contributed by atoms with van der Waals surface area (Å²) in [5.74, 6) is -0.461. The van der Waals surface area contributed by atoms with E-state index in [1.165, 1.54) is 12.0 Å². The van der Waals surface area contributed by atoms with Crippen molar-refractivity contribution in [1.82, 2.24) is 20.0 Å². The largest absolute Gasteiger partial charge is 0.465 e. The lowest BCUT2D eigenvalue weighted by Gasteiger charge is -2.22. The SMILES string of the molecule is CCOC(=O)CNC(=O)N(CCOC)CC(=O)Nc1cc(C(C)(C)C)nn1-c1ccc(C)cc1. The highest BCUT2D eigenvalue weighted by atomic mass is 16.5. The lowest BCUT2D eigenvalue weighted by molar-refractivity contribution is -0.141. The number of anilines is 1. The van der Waals surface area contributed by atoms with Crippen LogP contribution in [0.25, 0.3) is 5.69 Å². The van der Waals surface area contributed by atoms with E-state index in [1.807, 2.05) is 58.0 Å². The molecular weight excluding hydrogens is 438 g/mol. The summed E-state index contributed by atoms with van der Waals surface area (Å²) in [7, 11) is 1.50. The van der Waals surface area contributed by atoms with Gasteiger partial charge >= 0.3 is 12.0 Å². The molecule has 0 atom stereocenters. The number of urea groups is 1. The molecule has 1 aromatic carbocycles. The van der Waals surface area contributed by atoms with E-state index in [0.717, 1.165) is 16.9 Å². The van der Waals surface area contributed by atoms with Crippen LogP contribution in [0.1, 0.15) is 39.0 Å². The molecule has 10 heteroatoms. The van der Waals surface area contributed by atoms with Crippen LogP contribution in [0.3, 0.4) is 0 Å². The zero-order chi connectivity index (χ0) is 25.3. The van der Waals surface area contributed by atoms with E-state index in [0.29, 0.717) is 5.82 Å². The summed E-state index contributed by atoms with van der Waals surface area (Å²) in [6, 6.07) is 9.07. The molecule has 1 heterocycles. The first-order valence-electron chi connectivity index (χ1n) is 11.2. The second-order valence-electron chi connectivity index (χ2n) is 8.84. The summed E-state index contributed by atoms with van der Waals surface area (Å²) >= 11 is 0. The van der Waals surface area contributed by atoms with Crippen molar-refractivity contribution >= 4 is 23.7 Å². The summed E-state index contributed by atoms with van der Waals surface area (Å²) in [4.78, 5) is 38.3. The maximum absolute atomic E-state index is 12.9. The van der Waals surface area contributed by atoms with Gasteiger partial charge in [0.05, 0.1) is 24.6 Å². The number of hydrogen-bond acceptors (Lipinski definition) is 6. The van der Waals surface area contributed by atoms with E-state index in [-0.39, 0.29) is 38.3 Å². The highest BCUT2D eigenvalue weighted by molar-refractivity contribution is 5.94. The fraction of sp³-hybridized carbons (Fsp3) is 0.500. The molecule has 34 heavy (non-hydrogen) atoms. The molecular formula is C24H35N5O5. The minimum Gasteiger partial charge on any atom is -0.465 e. The van der Waals surface area contributed by atoms with Crippen molar-refractivity contribution in [1.29, 1.82) is 0 Å². The second kappa shape index (κ2) is 12.2. The van der Waals surface area contributed by atoms with Crippen LogP contribution in [0.5, 0.6) is 0 Å². The molecule has 0 fully saturated rings. The molecule has 0 saturated heterocycles. The van der Waals surface area contributed by atoms with Gasteiger partial charge in [-0.15, -0.1) is 0 Å². The molecule has 0 saturated carbocycles. The lowest BCUT2D eigenvalue weighted by Crippen LogP contribution is -2.47. The number of nitrogens with zero attached hydrogens (tertiary/aromatic N) is 3. The van der Waals surface area contributed by atoms with Gasteiger partial charge in [-0.25, -0.2) is 9.48 Å². The summed E-state index contributed by atoms with van der Waals surface area (Å²) in [5, 5.41) is 10.0. The van der Waals surface area contributed by atoms with Gasteiger partial charge in [0.2, 0.25) is 5.91 Å². The van der Waals surface area contributed by atoms with Gasteiger partial charge in [-0.2, -0.15) is 5.10 Å². The maximum Gasteiger partial charge on any atom is 0.325 e. The number of methoxy groups -OCH3 is 1. The Kier molecular flexibility index (Phi) is 9.61. The lowest BCUT2D eigenvalue weighted by atomic mass is 9.92. The average molecular weight is 474 g/mol. The Bertz CT molecular complexity index is 979. The van der Waals surface area contributed by atoms with E-state index < -0.39 is 17.9 Å². The molecule has 0 aliphatic carbocycles. The summed E-state index contributed by atoms with van der Waals surface area (Å²) in [6.07, 6.45) is 0. The van der Waals surface area contributed by atoms with Crippen LogP contribution in [0, 0.1) is 6.92 Å². The first-order valence-corrected chi connectivity index (χ1v) is 11.2. The van der Waals surface area contributed by atoms with Crippen LogP contribution in [0.2, 0.25) is 0 Å². The van der Waals surface area contributed by atoms with Crippen molar-refractivity contribution in [3.63, 3.8) is 0 Å². The average Bonchev–Trinajstić information content (AvgIpc) is 3.19. The number of carbonyl (C=O) groups excluding carboxylic acids is 3. The topological polar surface area (TPSA) is 115 Å². The Morgan fingerprint density at radius 1 is 1.15 bits per heavy atom. The zero-order valence-corrected chi connectivity index (χ0v) is 20.8. The van der Waals surface area contributed by atoms with E-state index >= 15 is 0 Å². The van der Waals surface area contributed by atoms with Gasteiger partial charge in [0.25, 0.3) is 0 Å². The molecule has 2 N–H and O–H groups in total. The number of aromatic nitrogens is 2. The van der Waals surface area contributed by atoms with Crippen molar-refractivity contribution in [2.24, 2.45) is 0 Å². The van der Waals surface area contributed by atoms with Crippen LogP contribution < -0.4 is 10.6 Å². The van der Waals surface area contributed by atoms with E-state index in [2.05, 4.69) is 10.6 Å². The number of rotatable bonds is 10. The van der Waals surface area contributed by atoms with Crippen molar-refractivity contribution in [2.45, 2.75) is 40.0 Å². The third-order valence-corrected chi connectivity index (χ3v) is 4.90. The zero-order valence-electron chi connectivity index (χ0n) is 20.8. The Morgan fingerprint density at radius 2 is 1.82 bits per heavy atom. The molecule has 3 amide bonds. The molecule has 1 aromatic heterocycles. The molecule has 0 unspecified atom stereocenters. The maximum atomic E-state index is 12.9. The first kappa shape index (κ1) is 26.8. The van der Waals surface area contributed by atoms with Crippen LogP contribution in [0.15, 0.2) is 30.3 Å². The van der Waals surface area contributed by atoms with Gasteiger partial charge in [0.1, 0.15) is 18.9 Å². The highest BCUT2D eigenvalue weighted by Gasteiger charge is 2.23. The molecule has 2 rings (SSSR count). The smallest absolute Gasteiger partial charge is 0.325 e. The summed E-state index contributed by atoms with van der Waals surface area (Å²) < 4.78 is 11.6. The fourth-order valence-electron chi connectivity index (χ4n) is 3.00. The van der Waals surface area contributed by atoms with Gasteiger partial charge in [-0.05, 0) is 26.0 Å². The Hall–Kier alpha value is -3.40. The minimum absolute atomic E-state index is 0.170. The van der Waals surface area contributed by atoms with Gasteiger partial charge in [0.15, 0.2) is 0 Å². The van der Waals surface area contributed by atoms with E-state index in [1.54, 1.807) is 11.6 Å². The number of ether oxygens (including phenoxy) is 2. The second-order valence-corrected chi connectivity index (χ2v) is 8.84. The predicted molar refractivity (Wildman–Crippen MR) is 129 cm³/mol. The van der Waals surface area contributed by atoms with Crippen molar-refractivity contribution in [2.75, 3.05) is 45.3 Å². The summed E-state index contributed by atoms with van der Waals surface area (Å²) in [6.45, 7) is 9.91. The van der Waals surface area contributed by atoms with Gasteiger partial charge in [-0.3, -0.25) is 9.59 Å². The van der Waals surface area contributed by atoms with Gasteiger partial charge in [-0.1, -0.05) is 38.5 Å². The number of aryl methyl sites for hydroxylation is 1. The van der Waals surface area contributed by atoms with E-state index in [9.17, 15) is 14.4 Å². The third-order valence-electron chi connectivity index (χ3n) is 4.90. The standard InChI is InChI=1S/C24H35N5O5/c1-7-34-22(31)15-25-23(32)28(12-13-33-6)16-21(30)26-20-14-19(24(3,4)5)27-29(20)18-10-8-17(2)9-11-18/h8-11,14H,7,12-13,15-16H2,1-6H3,(H,25,32)(H,26,30). The molecule has 10 nitrogen and oxygen atoms in total. The number of esters is 1. The molecule has 0 bridgehead atoms. The predicted octanol–water partition coefficient (Wildman–Crippen LogP) is 2.64. The molecule has 0 aliphatic heterocycles. The number of benzene rings is 1. The van der Waals surface area contributed by atoms with Crippen LogP contribution in [-0.2, 0) is 24.5 Å². The third kappa shape index (κ3) is 7.87. The molecule has 0 spiro atoms. The van der Waals surface area contributed by atoms with Gasteiger partial charge < -0.3 is 25.0 Å². The number of amides is 3. The fourth-order valence-corrected chi connectivity index (χ4v) is 3.00. The Labute approximate surface area is 200 Å².